The molecule has 0 spiro atoms. The van der Waals surface area contributed by atoms with Crippen LogP contribution >= 0.6 is 23.1 Å². The molecule has 0 bridgehead atoms. The van der Waals surface area contributed by atoms with Gasteiger partial charge in [0.2, 0.25) is 0 Å². The van der Waals surface area contributed by atoms with Crippen molar-refractivity contribution in [3.05, 3.63) is 52.2 Å². The van der Waals surface area contributed by atoms with Crippen LogP contribution in [0.5, 0.6) is 0 Å². The number of rotatable bonds is 7. The van der Waals surface area contributed by atoms with Gasteiger partial charge >= 0.3 is 5.97 Å². The van der Waals surface area contributed by atoms with E-state index in [2.05, 4.69) is 10.1 Å². The van der Waals surface area contributed by atoms with Gasteiger partial charge in [0.1, 0.15) is 0 Å². The number of carbonyl (C=O) groups is 2. The first-order valence-corrected chi connectivity index (χ1v) is 8.71. The third-order valence-corrected chi connectivity index (χ3v) is 4.84. The Balaban J connectivity index is 2.08. The van der Waals surface area contributed by atoms with E-state index in [9.17, 15) is 18.4 Å². The summed E-state index contributed by atoms with van der Waals surface area (Å²) in [4.78, 5) is 25.1. The lowest BCUT2D eigenvalue weighted by Gasteiger charge is -2.16. The number of methoxy groups -OCH3 is 1. The summed E-state index contributed by atoms with van der Waals surface area (Å²) in [5, 5.41) is 4.63. The Labute approximate surface area is 146 Å². The minimum Gasteiger partial charge on any atom is -0.469 e. The molecule has 1 atom stereocenters. The Kier molecular flexibility index (Phi) is 6.74. The van der Waals surface area contributed by atoms with Gasteiger partial charge < -0.3 is 10.1 Å². The van der Waals surface area contributed by atoms with E-state index in [1.807, 2.05) is 17.5 Å². The van der Waals surface area contributed by atoms with E-state index < -0.39 is 17.8 Å². The Morgan fingerprint density at radius 2 is 1.96 bits per heavy atom. The number of amides is 1. The highest BCUT2D eigenvalue weighted by atomic mass is 32.2. The number of hydrogen-bond acceptors (Lipinski definition) is 5. The first kappa shape index (κ1) is 18.4. The quantitative estimate of drug-likeness (QED) is 0.588. The molecule has 1 N–H and O–H groups in total. The number of thioether (sulfide) groups is 1. The predicted octanol–water partition coefficient (Wildman–Crippen LogP) is 4.10. The number of esters is 1. The van der Waals surface area contributed by atoms with Gasteiger partial charge in [-0.2, -0.15) is 8.78 Å². The lowest BCUT2D eigenvalue weighted by Crippen LogP contribution is -2.30. The van der Waals surface area contributed by atoms with E-state index in [1.54, 1.807) is 0 Å². The zero-order chi connectivity index (χ0) is 17.5. The highest BCUT2D eigenvalue weighted by molar-refractivity contribution is 7.99. The molecule has 24 heavy (non-hydrogen) atoms. The molecule has 0 aliphatic heterocycles. The van der Waals surface area contributed by atoms with E-state index >= 15 is 0 Å². The fraction of sp³-hybridized carbons (Fsp3) is 0.250. The molecule has 2 aromatic rings. The van der Waals surface area contributed by atoms with Gasteiger partial charge in [-0.3, -0.25) is 9.59 Å². The molecule has 0 saturated carbocycles. The zero-order valence-corrected chi connectivity index (χ0v) is 14.3. The largest absolute Gasteiger partial charge is 0.469 e. The molecule has 128 valence electrons. The molecule has 8 heteroatoms. The van der Waals surface area contributed by atoms with Crippen molar-refractivity contribution in [2.75, 3.05) is 7.11 Å². The van der Waals surface area contributed by atoms with Gasteiger partial charge in [-0.15, -0.1) is 11.3 Å². The number of carbonyl (C=O) groups excluding carboxylic acids is 2. The van der Waals surface area contributed by atoms with Crippen LogP contribution in [0.15, 0.2) is 46.7 Å². The van der Waals surface area contributed by atoms with Crippen LogP contribution in [0.25, 0.3) is 0 Å². The lowest BCUT2D eigenvalue weighted by atomic mass is 10.1. The molecule has 2 rings (SSSR count). The van der Waals surface area contributed by atoms with E-state index in [1.165, 1.54) is 42.7 Å². The summed E-state index contributed by atoms with van der Waals surface area (Å²) in [5.74, 6) is -3.32. The SMILES string of the molecule is COC(=O)CC(NC(=O)c1ccc(SC(F)F)cc1)c1cccs1. The van der Waals surface area contributed by atoms with Crippen LogP contribution in [0.3, 0.4) is 0 Å². The molecule has 0 radical (unpaired) electrons. The van der Waals surface area contributed by atoms with Crippen molar-refractivity contribution in [1.29, 1.82) is 0 Å². The van der Waals surface area contributed by atoms with E-state index in [4.69, 9.17) is 0 Å². The predicted molar refractivity (Wildman–Crippen MR) is 89.5 cm³/mol. The normalized spacial score (nSPS) is 12.0. The van der Waals surface area contributed by atoms with Crippen LogP contribution in [0.2, 0.25) is 0 Å². The minimum atomic E-state index is -2.51. The summed E-state index contributed by atoms with van der Waals surface area (Å²) < 4.78 is 29.3. The summed E-state index contributed by atoms with van der Waals surface area (Å²) in [6, 6.07) is 9.03. The summed E-state index contributed by atoms with van der Waals surface area (Å²) >= 11 is 1.84. The molecule has 1 aromatic heterocycles. The number of halogens is 2. The Bertz CT molecular complexity index is 675. The molecule has 1 heterocycles. The average Bonchev–Trinajstić information content (AvgIpc) is 3.08. The monoisotopic (exact) mass is 371 g/mol. The van der Waals surface area contributed by atoms with Gasteiger partial charge in [0.05, 0.1) is 19.6 Å². The second-order valence-electron chi connectivity index (χ2n) is 4.72. The molecule has 0 aliphatic carbocycles. The zero-order valence-electron chi connectivity index (χ0n) is 12.7. The van der Waals surface area contributed by atoms with E-state index in [0.29, 0.717) is 22.2 Å². The molecule has 4 nitrogen and oxygen atoms in total. The molecular formula is C16H15F2NO3S2. The van der Waals surface area contributed by atoms with Crippen molar-refractivity contribution in [2.24, 2.45) is 0 Å². The van der Waals surface area contributed by atoms with Crippen LogP contribution < -0.4 is 5.32 Å². The average molecular weight is 371 g/mol. The van der Waals surface area contributed by atoms with Crippen LogP contribution in [0, 0.1) is 0 Å². The number of thiophene rings is 1. The van der Waals surface area contributed by atoms with Crippen molar-refractivity contribution in [3.8, 4) is 0 Å². The highest BCUT2D eigenvalue weighted by Gasteiger charge is 2.20. The maximum absolute atomic E-state index is 12.3. The van der Waals surface area contributed by atoms with Gasteiger partial charge in [0, 0.05) is 15.3 Å². The molecule has 0 fully saturated rings. The van der Waals surface area contributed by atoms with Crippen molar-refractivity contribution < 1.29 is 23.1 Å². The fourth-order valence-electron chi connectivity index (χ4n) is 1.99. The lowest BCUT2D eigenvalue weighted by molar-refractivity contribution is -0.141. The molecule has 1 aromatic carbocycles. The second-order valence-corrected chi connectivity index (χ2v) is 6.77. The molecule has 0 saturated heterocycles. The van der Waals surface area contributed by atoms with Gasteiger partial charge in [0.25, 0.3) is 11.7 Å². The standard InChI is InChI=1S/C16H15F2NO3S2/c1-22-14(20)9-12(13-3-2-8-23-13)19-15(21)10-4-6-11(7-5-10)24-16(17)18/h2-8,12,16H,9H2,1H3,(H,19,21). The molecular weight excluding hydrogens is 356 g/mol. The smallest absolute Gasteiger partial charge is 0.307 e. The number of benzene rings is 1. The first-order chi connectivity index (χ1) is 11.5. The molecule has 0 aliphatic rings. The van der Waals surface area contributed by atoms with Crippen molar-refractivity contribution >= 4 is 35.0 Å². The topological polar surface area (TPSA) is 55.4 Å². The van der Waals surface area contributed by atoms with Gasteiger partial charge in [-0.1, -0.05) is 17.8 Å². The van der Waals surface area contributed by atoms with Gasteiger partial charge in [0.15, 0.2) is 0 Å². The Hall–Kier alpha value is -1.93. The number of hydrogen-bond donors (Lipinski definition) is 1. The molecule has 1 unspecified atom stereocenters. The third kappa shape index (κ3) is 5.31. The first-order valence-electron chi connectivity index (χ1n) is 6.95. The number of ether oxygens (including phenoxy) is 1. The van der Waals surface area contributed by atoms with Crippen molar-refractivity contribution in [2.45, 2.75) is 23.1 Å². The van der Waals surface area contributed by atoms with Crippen LogP contribution in [0.1, 0.15) is 27.7 Å². The number of alkyl halides is 2. The van der Waals surface area contributed by atoms with Crippen LogP contribution in [-0.2, 0) is 9.53 Å². The summed E-state index contributed by atoms with van der Waals surface area (Å²) in [6.45, 7) is 0. The third-order valence-electron chi connectivity index (χ3n) is 3.13. The Morgan fingerprint density at radius 3 is 2.50 bits per heavy atom. The number of nitrogens with one attached hydrogen (secondary N) is 1. The Morgan fingerprint density at radius 1 is 1.25 bits per heavy atom. The van der Waals surface area contributed by atoms with Crippen LogP contribution in [-0.4, -0.2) is 24.7 Å². The maximum atomic E-state index is 12.3. The van der Waals surface area contributed by atoms with Crippen molar-refractivity contribution in [3.63, 3.8) is 0 Å². The van der Waals surface area contributed by atoms with E-state index in [-0.39, 0.29) is 12.3 Å². The van der Waals surface area contributed by atoms with Crippen molar-refractivity contribution in [1.82, 2.24) is 5.32 Å². The van der Waals surface area contributed by atoms with Gasteiger partial charge in [-0.05, 0) is 35.7 Å². The summed E-state index contributed by atoms with van der Waals surface area (Å²) in [6.07, 6.45) is 0.0159. The minimum absolute atomic E-state index is 0.0159. The van der Waals surface area contributed by atoms with Gasteiger partial charge in [-0.25, -0.2) is 0 Å². The highest BCUT2D eigenvalue weighted by Crippen LogP contribution is 2.26. The molecule has 1 amide bonds. The maximum Gasteiger partial charge on any atom is 0.307 e. The fourth-order valence-corrected chi connectivity index (χ4v) is 3.27. The van der Waals surface area contributed by atoms with Crippen LogP contribution in [0.4, 0.5) is 8.78 Å². The second kappa shape index (κ2) is 8.79. The summed E-state index contributed by atoms with van der Waals surface area (Å²) in [5.41, 5.74) is 0.333. The summed E-state index contributed by atoms with van der Waals surface area (Å²) in [7, 11) is 1.29. The van der Waals surface area contributed by atoms with E-state index in [0.717, 1.165) is 4.88 Å².